The molecule has 1 aromatic carbocycles. The Kier molecular flexibility index (Phi) is 5.78. The number of imidazole rings is 1. The molecule has 0 bridgehead atoms. The second-order valence-corrected chi connectivity index (χ2v) is 6.72. The third-order valence-electron chi connectivity index (χ3n) is 4.50. The number of esters is 1. The fraction of sp³-hybridized carbons (Fsp3) is 0.450. The Balaban J connectivity index is 1.84. The van der Waals surface area contributed by atoms with E-state index in [-0.39, 0.29) is 5.97 Å². The van der Waals surface area contributed by atoms with Crippen LogP contribution < -0.4 is 5.32 Å². The summed E-state index contributed by atoms with van der Waals surface area (Å²) in [7, 11) is 0. The molecule has 0 aliphatic rings. The predicted molar refractivity (Wildman–Crippen MR) is 104 cm³/mol. The molecule has 1 N–H and O–H groups in total. The summed E-state index contributed by atoms with van der Waals surface area (Å²) in [5.41, 5.74) is 3.59. The van der Waals surface area contributed by atoms with Crippen LogP contribution in [0.25, 0.3) is 11.1 Å². The van der Waals surface area contributed by atoms with E-state index in [4.69, 9.17) is 9.15 Å². The molecule has 3 aromatic rings. The largest absolute Gasteiger partial charge is 0.464 e. The lowest BCUT2D eigenvalue weighted by atomic mass is 10.0. The average molecular weight is 370 g/mol. The number of oxazole rings is 1. The number of anilines is 1. The van der Waals surface area contributed by atoms with Gasteiger partial charge in [0.2, 0.25) is 0 Å². The zero-order valence-corrected chi connectivity index (χ0v) is 16.2. The highest BCUT2D eigenvalue weighted by Crippen LogP contribution is 2.24. The van der Waals surface area contributed by atoms with Crippen molar-refractivity contribution >= 4 is 23.1 Å². The van der Waals surface area contributed by atoms with Crippen LogP contribution in [0.5, 0.6) is 0 Å². The summed E-state index contributed by atoms with van der Waals surface area (Å²) in [4.78, 5) is 21.1. The van der Waals surface area contributed by atoms with Gasteiger partial charge in [0.25, 0.3) is 6.01 Å². The number of carbonyl (C=O) groups excluding carboxylic acids is 1. The highest BCUT2D eigenvalue weighted by molar-refractivity contribution is 5.80. The van der Waals surface area contributed by atoms with E-state index in [1.165, 1.54) is 5.56 Å². The third kappa shape index (κ3) is 4.30. The number of ether oxygens (including phenoxy) is 1. The monoisotopic (exact) mass is 370 g/mol. The number of hydrogen-bond acceptors (Lipinski definition) is 6. The lowest BCUT2D eigenvalue weighted by molar-refractivity contribution is -0.144. The molecule has 0 amide bonds. The van der Waals surface area contributed by atoms with Gasteiger partial charge in [0.1, 0.15) is 11.6 Å². The van der Waals surface area contributed by atoms with E-state index in [0.29, 0.717) is 30.5 Å². The molecule has 3 rings (SSSR count). The number of aromatic nitrogens is 3. The third-order valence-corrected chi connectivity index (χ3v) is 4.50. The van der Waals surface area contributed by atoms with Gasteiger partial charge in [0.05, 0.1) is 12.9 Å². The summed E-state index contributed by atoms with van der Waals surface area (Å²) >= 11 is 0. The lowest BCUT2D eigenvalue weighted by Crippen LogP contribution is -2.34. The zero-order chi connectivity index (χ0) is 19.4. The number of fused-ring (bicyclic) bond motifs is 1. The standard InChI is InChI=1S/C20H26N4O3/c1-5-24-12-21-11-15(24)10-17(19(25)26-6-2)23-20-22-16-9-14(13(3)4)7-8-18(16)27-20/h7-9,11-13,17H,5-6,10H2,1-4H3,(H,22,23). The van der Waals surface area contributed by atoms with E-state index in [9.17, 15) is 4.79 Å². The molecule has 0 saturated carbocycles. The van der Waals surface area contributed by atoms with Crippen molar-refractivity contribution in [3.05, 3.63) is 42.0 Å². The van der Waals surface area contributed by atoms with Gasteiger partial charge in [-0.3, -0.25) is 0 Å². The van der Waals surface area contributed by atoms with Crippen molar-refractivity contribution < 1.29 is 13.9 Å². The Labute approximate surface area is 158 Å². The number of nitrogens with one attached hydrogen (secondary N) is 1. The van der Waals surface area contributed by atoms with Crippen LogP contribution in [-0.2, 0) is 22.5 Å². The Hall–Kier alpha value is -2.83. The van der Waals surface area contributed by atoms with Crippen molar-refractivity contribution in [2.24, 2.45) is 0 Å². The van der Waals surface area contributed by atoms with Crippen LogP contribution in [0.1, 0.15) is 44.9 Å². The van der Waals surface area contributed by atoms with Crippen LogP contribution >= 0.6 is 0 Å². The van der Waals surface area contributed by atoms with E-state index in [2.05, 4.69) is 29.1 Å². The summed E-state index contributed by atoms with van der Waals surface area (Å²) in [6.45, 7) is 9.19. The maximum Gasteiger partial charge on any atom is 0.329 e. The summed E-state index contributed by atoms with van der Waals surface area (Å²) in [5.74, 6) is 0.0654. The molecule has 27 heavy (non-hydrogen) atoms. The maximum atomic E-state index is 12.4. The second kappa shape index (κ2) is 8.24. The van der Waals surface area contributed by atoms with E-state index in [0.717, 1.165) is 17.8 Å². The van der Waals surface area contributed by atoms with E-state index >= 15 is 0 Å². The smallest absolute Gasteiger partial charge is 0.329 e. The Bertz CT molecular complexity index is 913. The van der Waals surface area contributed by atoms with Crippen molar-refractivity contribution in [3.8, 4) is 0 Å². The molecule has 2 aromatic heterocycles. The van der Waals surface area contributed by atoms with Crippen LogP contribution in [0.4, 0.5) is 6.01 Å². The van der Waals surface area contributed by atoms with Crippen LogP contribution in [0.2, 0.25) is 0 Å². The van der Waals surface area contributed by atoms with Gasteiger partial charge in [0.15, 0.2) is 5.58 Å². The first-order valence-corrected chi connectivity index (χ1v) is 9.34. The van der Waals surface area contributed by atoms with E-state index < -0.39 is 6.04 Å². The number of aryl methyl sites for hydroxylation is 1. The quantitative estimate of drug-likeness (QED) is 0.608. The molecular formula is C20H26N4O3. The first-order valence-electron chi connectivity index (χ1n) is 9.34. The van der Waals surface area contributed by atoms with Crippen LogP contribution in [0, 0.1) is 0 Å². The normalized spacial score (nSPS) is 12.5. The number of benzene rings is 1. The van der Waals surface area contributed by atoms with Crippen molar-refractivity contribution in [2.75, 3.05) is 11.9 Å². The minimum atomic E-state index is -0.607. The summed E-state index contributed by atoms with van der Waals surface area (Å²) < 4.78 is 13.0. The first-order chi connectivity index (χ1) is 13.0. The van der Waals surface area contributed by atoms with Gasteiger partial charge in [-0.05, 0) is 37.5 Å². The van der Waals surface area contributed by atoms with Crippen LogP contribution in [-0.4, -0.2) is 33.2 Å². The number of hydrogen-bond donors (Lipinski definition) is 1. The van der Waals surface area contributed by atoms with E-state index in [1.54, 1.807) is 19.4 Å². The minimum absolute atomic E-state index is 0.312. The molecule has 0 fully saturated rings. The Morgan fingerprint density at radius 2 is 2.15 bits per heavy atom. The molecule has 1 atom stereocenters. The molecule has 2 heterocycles. The molecule has 0 aliphatic heterocycles. The fourth-order valence-corrected chi connectivity index (χ4v) is 2.96. The highest BCUT2D eigenvalue weighted by Gasteiger charge is 2.24. The molecule has 144 valence electrons. The highest BCUT2D eigenvalue weighted by atomic mass is 16.5. The van der Waals surface area contributed by atoms with Gasteiger partial charge >= 0.3 is 5.97 Å². The minimum Gasteiger partial charge on any atom is -0.464 e. The molecule has 0 saturated heterocycles. The molecule has 0 radical (unpaired) electrons. The summed E-state index contributed by atoms with van der Waals surface area (Å²) in [6.07, 6.45) is 3.95. The van der Waals surface area contributed by atoms with Gasteiger partial charge in [0, 0.05) is 24.9 Å². The number of nitrogens with zero attached hydrogens (tertiary/aromatic N) is 3. The van der Waals surface area contributed by atoms with Gasteiger partial charge in [-0.2, -0.15) is 4.98 Å². The van der Waals surface area contributed by atoms with Crippen molar-refractivity contribution in [1.29, 1.82) is 0 Å². The van der Waals surface area contributed by atoms with E-state index in [1.807, 2.05) is 29.7 Å². The topological polar surface area (TPSA) is 82.2 Å². The molecule has 0 aliphatic carbocycles. The van der Waals surface area contributed by atoms with Crippen molar-refractivity contribution in [2.45, 2.75) is 52.6 Å². The molecule has 1 unspecified atom stereocenters. The Morgan fingerprint density at radius 3 is 2.85 bits per heavy atom. The van der Waals surface area contributed by atoms with Crippen LogP contribution in [0.15, 0.2) is 35.1 Å². The van der Waals surface area contributed by atoms with Gasteiger partial charge in [-0.25, -0.2) is 9.78 Å². The second-order valence-electron chi connectivity index (χ2n) is 6.72. The van der Waals surface area contributed by atoms with Crippen molar-refractivity contribution in [3.63, 3.8) is 0 Å². The lowest BCUT2D eigenvalue weighted by Gasteiger charge is -2.16. The number of carbonyl (C=O) groups is 1. The summed E-state index contributed by atoms with van der Waals surface area (Å²) in [5, 5.41) is 3.10. The Morgan fingerprint density at radius 1 is 1.33 bits per heavy atom. The molecular weight excluding hydrogens is 344 g/mol. The van der Waals surface area contributed by atoms with Gasteiger partial charge in [-0.15, -0.1) is 0 Å². The van der Waals surface area contributed by atoms with Gasteiger partial charge in [-0.1, -0.05) is 19.9 Å². The molecule has 7 heteroatoms. The fourth-order valence-electron chi connectivity index (χ4n) is 2.96. The maximum absolute atomic E-state index is 12.4. The molecule has 7 nitrogen and oxygen atoms in total. The van der Waals surface area contributed by atoms with Crippen LogP contribution in [0.3, 0.4) is 0 Å². The summed E-state index contributed by atoms with van der Waals surface area (Å²) in [6, 6.07) is 5.66. The van der Waals surface area contributed by atoms with Gasteiger partial charge < -0.3 is 19.0 Å². The van der Waals surface area contributed by atoms with Crippen molar-refractivity contribution in [1.82, 2.24) is 14.5 Å². The average Bonchev–Trinajstić information content (AvgIpc) is 3.26. The number of rotatable bonds is 8. The zero-order valence-electron chi connectivity index (χ0n) is 16.2. The predicted octanol–water partition coefficient (Wildman–Crippen LogP) is 3.75. The first kappa shape index (κ1) is 18.9. The SMILES string of the molecule is CCOC(=O)C(Cc1cncn1CC)Nc1nc2cc(C(C)C)ccc2o1. The molecule has 0 spiro atoms.